The van der Waals surface area contributed by atoms with Crippen molar-refractivity contribution in [2.75, 3.05) is 5.32 Å². The topological polar surface area (TPSA) is 125 Å². The average Bonchev–Trinajstić information content (AvgIpc) is 3.31. The number of halogens is 2. The van der Waals surface area contributed by atoms with Crippen LogP contribution in [-0.2, 0) is 0 Å². The lowest BCUT2D eigenvalue weighted by Gasteiger charge is -2.28. The van der Waals surface area contributed by atoms with E-state index in [2.05, 4.69) is 31.3 Å². The standard InChI is InChI=1S/C22H24Cl2N6O3/c1-12(13-5-3-2-4-6-13)25-21(32)16-11-15(7-8-19(16)31)33-20-17(23)9-14(10-18(20)24)26-22-27-29-30-28-22/h7-13,31H,2-6H2,1H3,(H,25,32)(H2,26,27,28,29,30)/t12-/m1/s1. The maximum absolute atomic E-state index is 12.8. The molecule has 1 atom stereocenters. The highest BCUT2D eigenvalue weighted by Crippen LogP contribution is 2.40. The summed E-state index contributed by atoms with van der Waals surface area (Å²) in [6.07, 6.45) is 5.82. The van der Waals surface area contributed by atoms with Crippen molar-refractivity contribution in [3.8, 4) is 17.2 Å². The summed E-state index contributed by atoms with van der Waals surface area (Å²) in [5, 5.41) is 30.1. The van der Waals surface area contributed by atoms with Crippen LogP contribution in [0.1, 0.15) is 49.4 Å². The van der Waals surface area contributed by atoms with Crippen LogP contribution in [0, 0.1) is 5.92 Å². The van der Waals surface area contributed by atoms with E-state index in [0.717, 1.165) is 12.8 Å². The lowest BCUT2D eigenvalue weighted by atomic mass is 9.84. The van der Waals surface area contributed by atoms with Gasteiger partial charge in [-0.15, -0.1) is 5.10 Å². The Balaban J connectivity index is 1.48. The van der Waals surface area contributed by atoms with Gasteiger partial charge in [0.05, 0.1) is 15.6 Å². The van der Waals surface area contributed by atoms with Crippen LogP contribution in [0.3, 0.4) is 0 Å². The fraction of sp³-hybridized carbons (Fsp3) is 0.364. The highest BCUT2D eigenvalue weighted by Gasteiger charge is 2.23. The number of H-pyrrole nitrogens is 1. The highest BCUT2D eigenvalue weighted by molar-refractivity contribution is 6.37. The van der Waals surface area contributed by atoms with Crippen LogP contribution in [0.15, 0.2) is 30.3 Å². The van der Waals surface area contributed by atoms with Crippen molar-refractivity contribution in [2.45, 2.75) is 45.1 Å². The van der Waals surface area contributed by atoms with Gasteiger partial charge in [0.15, 0.2) is 5.75 Å². The van der Waals surface area contributed by atoms with Crippen LogP contribution in [0.4, 0.5) is 11.6 Å². The Hall–Kier alpha value is -3.04. The second kappa shape index (κ2) is 10.3. The van der Waals surface area contributed by atoms with Gasteiger partial charge < -0.3 is 20.5 Å². The van der Waals surface area contributed by atoms with E-state index in [0.29, 0.717) is 17.4 Å². The summed E-state index contributed by atoms with van der Waals surface area (Å²) in [4.78, 5) is 12.8. The van der Waals surface area contributed by atoms with Gasteiger partial charge >= 0.3 is 0 Å². The first-order valence-corrected chi connectivity index (χ1v) is 11.5. The van der Waals surface area contributed by atoms with Crippen LogP contribution in [0.2, 0.25) is 10.0 Å². The molecule has 0 saturated heterocycles. The molecular weight excluding hydrogens is 467 g/mol. The molecule has 0 spiro atoms. The molecule has 0 bridgehead atoms. The van der Waals surface area contributed by atoms with Crippen molar-refractivity contribution in [2.24, 2.45) is 5.92 Å². The molecular formula is C22H24Cl2N6O3. The quantitative estimate of drug-likeness (QED) is 0.347. The average molecular weight is 491 g/mol. The van der Waals surface area contributed by atoms with E-state index in [1.807, 2.05) is 6.92 Å². The van der Waals surface area contributed by atoms with Crippen molar-refractivity contribution in [1.29, 1.82) is 0 Å². The number of nitrogens with zero attached hydrogens (tertiary/aromatic N) is 3. The van der Waals surface area contributed by atoms with Gasteiger partial charge in [0.25, 0.3) is 11.9 Å². The molecule has 0 radical (unpaired) electrons. The van der Waals surface area contributed by atoms with E-state index in [1.54, 1.807) is 12.1 Å². The smallest absolute Gasteiger partial charge is 0.267 e. The summed E-state index contributed by atoms with van der Waals surface area (Å²) in [6, 6.07) is 7.62. The molecule has 4 N–H and O–H groups in total. The Labute approximate surface area is 200 Å². The number of phenolic OH excluding ortho intramolecular Hbond substituents is 1. The first-order valence-electron chi connectivity index (χ1n) is 10.7. The van der Waals surface area contributed by atoms with Crippen LogP contribution in [-0.4, -0.2) is 37.7 Å². The Morgan fingerprint density at radius 1 is 1.18 bits per heavy atom. The first-order chi connectivity index (χ1) is 15.9. The van der Waals surface area contributed by atoms with Gasteiger partial charge in [0.2, 0.25) is 0 Å². The third-order valence-corrected chi connectivity index (χ3v) is 6.31. The van der Waals surface area contributed by atoms with Gasteiger partial charge in [0.1, 0.15) is 11.5 Å². The molecule has 1 aromatic heterocycles. The van der Waals surface area contributed by atoms with Gasteiger partial charge in [-0.3, -0.25) is 4.79 Å². The third-order valence-electron chi connectivity index (χ3n) is 5.75. The maximum atomic E-state index is 12.8. The Kier molecular flexibility index (Phi) is 7.20. The number of aromatic hydroxyl groups is 1. The lowest BCUT2D eigenvalue weighted by Crippen LogP contribution is -2.38. The summed E-state index contributed by atoms with van der Waals surface area (Å²) in [5.74, 6) is 0.741. The normalized spacial score (nSPS) is 15.1. The number of carbonyl (C=O) groups is 1. The Bertz CT molecular complexity index is 1100. The number of phenols is 1. The molecule has 1 amide bonds. The molecule has 1 aliphatic carbocycles. The van der Waals surface area contributed by atoms with Crippen LogP contribution >= 0.6 is 23.2 Å². The number of ether oxygens (including phenoxy) is 1. The Morgan fingerprint density at radius 2 is 1.91 bits per heavy atom. The summed E-state index contributed by atoms with van der Waals surface area (Å²) in [5.41, 5.74) is 0.666. The zero-order valence-corrected chi connectivity index (χ0v) is 19.5. The van der Waals surface area contributed by atoms with Crippen LogP contribution in [0.25, 0.3) is 0 Å². The van der Waals surface area contributed by atoms with Gasteiger partial charge in [-0.1, -0.05) is 47.6 Å². The third kappa shape index (κ3) is 5.66. The van der Waals surface area contributed by atoms with Crippen molar-refractivity contribution < 1.29 is 14.6 Å². The van der Waals surface area contributed by atoms with Crippen molar-refractivity contribution in [3.63, 3.8) is 0 Å². The molecule has 33 heavy (non-hydrogen) atoms. The largest absolute Gasteiger partial charge is 0.507 e. The Morgan fingerprint density at radius 3 is 2.58 bits per heavy atom. The van der Waals surface area contributed by atoms with Crippen LogP contribution in [0.5, 0.6) is 17.2 Å². The fourth-order valence-corrected chi connectivity index (χ4v) is 4.55. The fourth-order valence-electron chi connectivity index (χ4n) is 3.99. The predicted octanol–water partition coefficient (Wildman–Crippen LogP) is 5.45. The molecule has 174 valence electrons. The molecule has 0 unspecified atom stereocenters. The van der Waals surface area contributed by atoms with Crippen molar-refractivity contribution >= 4 is 40.7 Å². The number of hydrogen-bond donors (Lipinski definition) is 4. The summed E-state index contributed by atoms with van der Waals surface area (Å²) in [7, 11) is 0. The molecule has 1 fully saturated rings. The molecule has 2 aromatic carbocycles. The number of aromatic amines is 1. The number of amides is 1. The highest BCUT2D eigenvalue weighted by atomic mass is 35.5. The molecule has 4 rings (SSSR count). The molecule has 1 heterocycles. The second-order valence-corrected chi connectivity index (χ2v) is 8.89. The number of rotatable bonds is 7. The number of carbonyl (C=O) groups excluding carboxylic acids is 1. The number of nitrogens with one attached hydrogen (secondary N) is 3. The molecule has 0 aliphatic heterocycles. The molecule has 11 heteroatoms. The SMILES string of the molecule is C[C@@H](NC(=O)c1cc(Oc2c(Cl)cc(Nc3nn[nH]n3)cc2Cl)ccc1O)C1CCCCC1. The van der Waals surface area contributed by atoms with E-state index in [1.165, 1.54) is 37.5 Å². The minimum atomic E-state index is -0.354. The van der Waals surface area contributed by atoms with Crippen molar-refractivity contribution in [1.82, 2.24) is 25.9 Å². The number of benzene rings is 2. The lowest BCUT2D eigenvalue weighted by molar-refractivity contribution is 0.0916. The minimum Gasteiger partial charge on any atom is -0.507 e. The zero-order valence-electron chi connectivity index (χ0n) is 17.9. The first kappa shape index (κ1) is 23.1. The van der Waals surface area contributed by atoms with Gasteiger partial charge in [-0.05, 0) is 61.2 Å². The van der Waals surface area contributed by atoms with E-state index in [4.69, 9.17) is 27.9 Å². The summed E-state index contributed by atoms with van der Waals surface area (Å²) < 4.78 is 5.86. The predicted molar refractivity (Wildman–Crippen MR) is 126 cm³/mol. The van der Waals surface area contributed by atoms with Gasteiger partial charge in [0, 0.05) is 11.7 Å². The summed E-state index contributed by atoms with van der Waals surface area (Å²) in [6.45, 7) is 2.01. The van der Waals surface area contributed by atoms with E-state index in [-0.39, 0.29) is 45.0 Å². The molecule has 9 nitrogen and oxygen atoms in total. The second-order valence-electron chi connectivity index (χ2n) is 8.07. The number of aromatic nitrogens is 4. The zero-order chi connectivity index (χ0) is 23.4. The molecule has 1 saturated carbocycles. The van der Waals surface area contributed by atoms with Gasteiger partial charge in [-0.25, -0.2) is 0 Å². The van der Waals surface area contributed by atoms with Crippen molar-refractivity contribution in [3.05, 3.63) is 45.9 Å². The van der Waals surface area contributed by atoms with Gasteiger partial charge in [-0.2, -0.15) is 5.21 Å². The molecule has 3 aromatic rings. The number of hydrogen-bond acceptors (Lipinski definition) is 7. The number of tetrazole rings is 1. The van der Waals surface area contributed by atoms with Crippen LogP contribution < -0.4 is 15.4 Å². The summed E-state index contributed by atoms with van der Waals surface area (Å²) >= 11 is 12.7. The molecule has 1 aliphatic rings. The van der Waals surface area contributed by atoms with E-state index in [9.17, 15) is 9.90 Å². The maximum Gasteiger partial charge on any atom is 0.267 e. The van der Waals surface area contributed by atoms with E-state index >= 15 is 0 Å². The van der Waals surface area contributed by atoms with E-state index < -0.39 is 0 Å². The monoisotopic (exact) mass is 490 g/mol. The number of anilines is 2. The minimum absolute atomic E-state index is 0.0184.